The van der Waals surface area contributed by atoms with Crippen molar-refractivity contribution in [1.29, 1.82) is 0 Å². The smallest absolute Gasteiger partial charge is 0.127 e. The lowest BCUT2D eigenvalue weighted by atomic mass is 9.85. The zero-order chi connectivity index (χ0) is 22.6. The van der Waals surface area contributed by atoms with Crippen LogP contribution in [0.1, 0.15) is 48.7 Å². The van der Waals surface area contributed by atoms with E-state index in [9.17, 15) is 5.11 Å². The molecule has 0 amide bonds. The first-order valence-corrected chi connectivity index (χ1v) is 10.7. The van der Waals surface area contributed by atoms with Crippen LogP contribution in [-0.2, 0) is 18.4 Å². The second-order valence-corrected chi connectivity index (χ2v) is 8.96. The first-order chi connectivity index (χ1) is 14.7. The van der Waals surface area contributed by atoms with E-state index in [2.05, 4.69) is 45.9 Å². The third-order valence-electron chi connectivity index (χ3n) is 5.57. The van der Waals surface area contributed by atoms with Crippen LogP contribution in [0.15, 0.2) is 48.5 Å². The summed E-state index contributed by atoms with van der Waals surface area (Å²) in [4.78, 5) is 4.85. The van der Waals surface area contributed by atoms with Crippen molar-refractivity contribution in [3.05, 3.63) is 76.5 Å². The van der Waals surface area contributed by atoms with Crippen molar-refractivity contribution in [2.24, 2.45) is 0 Å². The highest BCUT2D eigenvalue weighted by Gasteiger charge is 2.17. The highest BCUT2D eigenvalue weighted by atomic mass is 16.5. The van der Waals surface area contributed by atoms with E-state index in [-0.39, 0.29) is 12.0 Å². The van der Waals surface area contributed by atoms with Gasteiger partial charge in [0.05, 0.1) is 12.8 Å². The van der Waals surface area contributed by atoms with E-state index < -0.39 is 0 Å². The molecule has 31 heavy (non-hydrogen) atoms. The van der Waals surface area contributed by atoms with Gasteiger partial charge in [-0.3, -0.25) is 4.98 Å². The molecule has 0 atom stereocenters. The molecular weight excluding hydrogens is 386 g/mol. The lowest BCUT2D eigenvalue weighted by Crippen LogP contribution is -2.11. The first kappa shape index (κ1) is 22.8. The quantitative estimate of drug-likeness (QED) is 0.527. The van der Waals surface area contributed by atoms with Crippen LogP contribution in [0.2, 0.25) is 0 Å². The fourth-order valence-electron chi connectivity index (χ4n) is 3.65. The number of hydrogen-bond acceptors (Lipinski definition) is 4. The van der Waals surface area contributed by atoms with Gasteiger partial charge in [-0.15, -0.1) is 0 Å². The summed E-state index contributed by atoms with van der Waals surface area (Å²) < 4.78 is 11.4. The maximum absolute atomic E-state index is 9.55. The average molecular weight is 420 g/mol. The normalized spacial score (nSPS) is 11.5. The molecule has 0 aliphatic rings. The number of aryl methyl sites for hydroxylation is 2. The van der Waals surface area contributed by atoms with E-state index in [0.29, 0.717) is 13.0 Å². The highest BCUT2D eigenvalue weighted by Crippen LogP contribution is 2.33. The van der Waals surface area contributed by atoms with Crippen LogP contribution in [0.5, 0.6) is 11.5 Å². The minimum Gasteiger partial charge on any atom is -0.497 e. The summed E-state index contributed by atoms with van der Waals surface area (Å²) in [6, 6.07) is 16.4. The standard InChI is InChI=1S/C27H33NO3/c1-18-15-21(27(3,4)5)9-12-23(18)25-16-26(24(13-14-29)19(2)28-25)31-17-20-7-10-22(30-6)11-8-20/h7-12,15-16,29H,13-14,17H2,1-6H3. The Labute approximate surface area is 185 Å². The molecule has 0 saturated carbocycles. The van der Waals surface area contributed by atoms with Crippen molar-refractivity contribution in [3.63, 3.8) is 0 Å². The van der Waals surface area contributed by atoms with Crippen molar-refractivity contribution >= 4 is 0 Å². The van der Waals surface area contributed by atoms with E-state index in [1.807, 2.05) is 37.3 Å². The predicted molar refractivity (Wildman–Crippen MR) is 126 cm³/mol. The summed E-state index contributed by atoms with van der Waals surface area (Å²) in [6.45, 7) is 11.3. The molecule has 0 unspecified atom stereocenters. The lowest BCUT2D eigenvalue weighted by molar-refractivity contribution is 0.283. The number of hydrogen-bond donors (Lipinski definition) is 1. The van der Waals surface area contributed by atoms with E-state index in [0.717, 1.165) is 39.6 Å². The average Bonchev–Trinajstić information content (AvgIpc) is 2.73. The third kappa shape index (κ3) is 5.45. The number of rotatable bonds is 7. The van der Waals surface area contributed by atoms with Gasteiger partial charge in [-0.25, -0.2) is 0 Å². The molecule has 1 N–H and O–H groups in total. The van der Waals surface area contributed by atoms with Gasteiger partial charge in [-0.1, -0.05) is 51.1 Å². The molecule has 164 valence electrons. The van der Waals surface area contributed by atoms with Crippen LogP contribution in [0, 0.1) is 13.8 Å². The lowest BCUT2D eigenvalue weighted by Gasteiger charge is -2.21. The van der Waals surface area contributed by atoms with Gasteiger partial charge in [0.15, 0.2) is 0 Å². The zero-order valence-corrected chi connectivity index (χ0v) is 19.5. The summed E-state index contributed by atoms with van der Waals surface area (Å²) in [5.41, 5.74) is 7.47. The van der Waals surface area contributed by atoms with Crippen LogP contribution >= 0.6 is 0 Å². The van der Waals surface area contributed by atoms with Crippen molar-refractivity contribution in [3.8, 4) is 22.8 Å². The Kier molecular flexibility index (Phi) is 7.01. The molecule has 0 fully saturated rings. The number of nitrogens with zero attached hydrogens (tertiary/aromatic N) is 1. The number of pyridine rings is 1. The Balaban J connectivity index is 1.95. The number of aromatic nitrogens is 1. The molecule has 3 aromatic rings. The fraction of sp³-hybridized carbons (Fsp3) is 0.370. The van der Waals surface area contributed by atoms with E-state index in [4.69, 9.17) is 14.5 Å². The van der Waals surface area contributed by atoms with Gasteiger partial charge in [0.1, 0.15) is 18.1 Å². The summed E-state index contributed by atoms with van der Waals surface area (Å²) in [7, 11) is 1.66. The Hall–Kier alpha value is -2.85. The molecule has 4 nitrogen and oxygen atoms in total. The van der Waals surface area contributed by atoms with Gasteiger partial charge in [-0.05, 0) is 48.1 Å². The van der Waals surface area contributed by atoms with Gasteiger partial charge in [0, 0.05) is 35.9 Å². The van der Waals surface area contributed by atoms with Crippen molar-refractivity contribution in [2.45, 2.75) is 53.1 Å². The molecule has 3 rings (SSSR count). The third-order valence-corrected chi connectivity index (χ3v) is 5.57. The Bertz CT molecular complexity index is 1030. The Morgan fingerprint density at radius 2 is 1.68 bits per heavy atom. The maximum Gasteiger partial charge on any atom is 0.127 e. The zero-order valence-electron chi connectivity index (χ0n) is 19.5. The van der Waals surface area contributed by atoms with Gasteiger partial charge in [0.2, 0.25) is 0 Å². The highest BCUT2D eigenvalue weighted by molar-refractivity contribution is 5.67. The summed E-state index contributed by atoms with van der Waals surface area (Å²) in [6.07, 6.45) is 0.513. The predicted octanol–water partition coefficient (Wildman–Crippen LogP) is 5.79. The van der Waals surface area contributed by atoms with Gasteiger partial charge < -0.3 is 14.6 Å². The second-order valence-electron chi connectivity index (χ2n) is 8.96. The molecule has 4 heteroatoms. The van der Waals surface area contributed by atoms with Crippen molar-refractivity contribution < 1.29 is 14.6 Å². The van der Waals surface area contributed by atoms with Crippen LogP contribution in [0.3, 0.4) is 0 Å². The van der Waals surface area contributed by atoms with Crippen LogP contribution < -0.4 is 9.47 Å². The largest absolute Gasteiger partial charge is 0.497 e. The second kappa shape index (κ2) is 9.52. The maximum atomic E-state index is 9.55. The Morgan fingerprint density at radius 3 is 2.26 bits per heavy atom. The molecule has 1 heterocycles. The molecule has 0 bridgehead atoms. The molecule has 0 saturated heterocycles. The van der Waals surface area contributed by atoms with E-state index in [1.165, 1.54) is 11.1 Å². The number of methoxy groups -OCH3 is 1. The van der Waals surface area contributed by atoms with Gasteiger partial charge >= 0.3 is 0 Å². The number of ether oxygens (including phenoxy) is 2. The van der Waals surface area contributed by atoms with E-state index in [1.54, 1.807) is 7.11 Å². The molecule has 1 aromatic heterocycles. The summed E-state index contributed by atoms with van der Waals surface area (Å²) >= 11 is 0. The van der Waals surface area contributed by atoms with E-state index >= 15 is 0 Å². The topological polar surface area (TPSA) is 51.6 Å². The fourth-order valence-corrected chi connectivity index (χ4v) is 3.65. The molecule has 0 radical (unpaired) electrons. The minimum absolute atomic E-state index is 0.0556. The van der Waals surface area contributed by atoms with Crippen LogP contribution in [0.4, 0.5) is 0 Å². The first-order valence-electron chi connectivity index (χ1n) is 10.7. The van der Waals surface area contributed by atoms with Crippen LogP contribution in [-0.4, -0.2) is 23.8 Å². The van der Waals surface area contributed by atoms with Crippen molar-refractivity contribution in [2.75, 3.05) is 13.7 Å². The number of aliphatic hydroxyl groups is 1. The summed E-state index contributed by atoms with van der Waals surface area (Å²) in [5.74, 6) is 1.59. The monoisotopic (exact) mass is 419 g/mol. The molecule has 2 aromatic carbocycles. The molecule has 0 aliphatic carbocycles. The molecule has 0 aliphatic heterocycles. The van der Waals surface area contributed by atoms with Crippen LogP contribution in [0.25, 0.3) is 11.3 Å². The molecule has 0 spiro atoms. The Morgan fingerprint density at radius 1 is 0.968 bits per heavy atom. The number of benzene rings is 2. The van der Waals surface area contributed by atoms with Gasteiger partial charge in [-0.2, -0.15) is 0 Å². The van der Waals surface area contributed by atoms with Gasteiger partial charge in [0.25, 0.3) is 0 Å². The van der Waals surface area contributed by atoms with Crippen molar-refractivity contribution in [1.82, 2.24) is 4.98 Å². The summed E-state index contributed by atoms with van der Waals surface area (Å²) in [5, 5.41) is 9.55. The number of aliphatic hydroxyl groups excluding tert-OH is 1. The minimum atomic E-state index is 0.0556. The SMILES string of the molecule is COc1ccc(COc2cc(-c3ccc(C(C)(C)C)cc3C)nc(C)c2CCO)cc1. The molecular formula is C27H33NO3.